The fourth-order valence-corrected chi connectivity index (χ4v) is 2.15. The largest absolute Gasteiger partial charge is 0.205 e. The van der Waals surface area contributed by atoms with Gasteiger partial charge in [0, 0.05) is 10.6 Å². The van der Waals surface area contributed by atoms with E-state index < -0.39 is 61.4 Å². The van der Waals surface area contributed by atoms with Crippen LogP contribution in [0.5, 0.6) is 0 Å². The number of fused-ring (bicyclic) bond motifs is 1. The Hall–Kier alpha value is -3.95. The molecule has 25 heavy (non-hydrogen) atoms. The molecule has 0 aromatic heterocycles. The highest BCUT2D eigenvalue weighted by molar-refractivity contribution is 5.88. The summed E-state index contributed by atoms with van der Waals surface area (Å²) in [7, 11) is 0. The van der Waals surface area contributed by atoms with Crippen molar-refractivity contribution in [3.8, 4) is 24.3 Å². The highest BCUT2D eigenvalue weighted by Crippen LogP contribution is 2.24. The Morgan fingerprint density at radius 1 is 0.640 bits per heavy atom. The predicted molar refractivity (Wildman–Crippen MR) is 72.3 cm³/mol. The molecule has 0 radical (unpaired) electrons. The average molecular weight is 344 g/mol. The zero-order valence-corrected chi connectivity index (χ0v) is 11.8. The van der Waals surface area contributed by atoms with E-state index in [4.69, 9.17) is 21.0 Å². The summed E-state index contributed by atoms with van der Waals surface area (Å²) in [6.07, 6.45) is 0. The van der Waals surface area contributed by atoms with E-state index in [1.807, 2.05) is 0 Å². The summed E-state index contributed by atoms with van der Waals surface area (Å²) >= 11 is 0. The van der Waals surface area contributed by atoms with Gasteiger partial charge in [-0.25, -0.2) is 22.0 Å². The molecule has 2 rings (SSSR count). The summed E-state index contributed by atoms with van der Waals surface area (Å²) in [5, 5.41) is 29.9. The lowest BCUT2D eigenvalue weighted by Gasteiger charge is -2.07. The molecule has 0 aliphatic heterocycles. The number of nitriles is 4. The third-order valence-electron chi connectivity index (χ3n) is 3.26. The van der Waals surface area contributed by atoms with E-state index in [2.05, 4.69) is 0 Å². The van der Waals surface area contributed by atoms with Gasteiger partial charge >= 0.3 is 0 Å². The van der Waals surface area contributed by atoms with E-state index in [9.17, 15) is 22.0 Å². The quantitative estimate of drug-likeness (QED) is 0.539. The number of benzene rings is 2. The molecule has 120 valence electrons. The van der Waals surface area contributed by atoms with Gasteiger partial charge in [0.05, 0.1) is 10.6 Å². The summed E-state index contributed by atoms with van der Waals surface area (Å²) in [4.78, 5) is 0. The Morgan fingerprint density at radius 2 is 1.16 bits per heavy atom. The Morgan fingerprint density at radius 3 is 1.64 bits per heavy atom. The van der Waals surface area contributed by atoms with Gasteiger partial charge in [-0.2, -0.15) is 21.0 Å². The van der Waals surface area contributed by atoms with Crippen LogP contribution in [0.3, 0.4) is 0 Å². The van der Waals surface area contributed by atoms with Gasteiger partial charge in [0.25, 0.3) is 0 Å². The van der Waals surface area contributed by atoms with Gasteiger partial charge in [0.2, 0.25) is 0 Å². The van der Waals surface area contributed by atoms with Crippen LogP contribution in [0.2, 0.25) is 0 Å². The zero-order chi connectivity index (χ0) is 18.9. The van der Waals surface area contributed by atoms with Crippen molar-refractivity contribution in [1.29, 1.82) is 21.0 Å². The van der Waals surface area contributed by atoms with E-state index in [0.717, 1.165) is 12.1 Å². The number of nitrogens with zero attached hydrogens (tertiary/aromatic N) is 4. The second-order valence-electron chi connectivity index (χ2n) is 4.49. The molecule has 0 atom stereocenters. The van der Waals surface area contributed by atoms with Gasteiger partial charge < -0.3 is 0 Å². The first-order valence-electron chi connectivity index (χ1n) is 6.17. The van der Waals surface area contributed by atoms with Crippen LogP contribution in [0.1, 0.15) is 0 Å². The Balaban J connectivity index is 3.37. The normalized spacial score (nSPS) is 9.64. The highest BCUT2D eigenvalue weighted by atomic mass is 19.2. The molecule has 4 nitrogen and oxygen atoms in total. The minimum absolute atomic E-state index is 0.402. The number of hydrogen-bond acceptors (Lipinski definition) is 4. The second kappa shape index (κ2) is 6.28. The van der Waals surface area contributed by atoms with Crippen LogP contribution in [0.25, 0.3) is 21.9 Å². The summed E-state index contributed by atoms with van der Waals surface area (Å²) < 4.78 is 70.9. The molecule has 0 fully saturated rings. The van der Waals surface area contributed by atoms with E-state index >= 15 is 0 Å². The Bertz CT molecular complexity index is 1200. The molecular formula is C16HF5N4. The topological polar surface area (TPSA) is 95.2 Å². The standard InChI is InChI=1S/C16HF5N4/c17-12-8(6(2-22)3-23)1-9-11(16(12)21)14(19)10(7(4-24)5-25)15(20)13(9)18/h1H. The molecule has 0 bridgehead atoms. The van der Waals surface area contributed by atoms with Crippen molar-refractivity contribution >= 4 is 21.9 Å². The summed E-state index contributed by atoms with van der Waals surface area (Å²) in [5.41, 5.74) is -2.12. The zero-order valence-electron chi connectivity index (χ0n) is 11.8. The molecule has 9 heteroatoms. The summed E-state index contributed by atoms with van der Waals surface area (Å²) in [5.74, 6) is -9.52. The van der Waals surface area contributed by atoms with Crippen LogP contribution in [0.4, 0.5) is 22.0 Å². The number of halogens is 5. The molecule has 2 aromatic carbocycles. The van der Waals surface area contributed by atoms with Crippen molar-refractivity contribution in [2.24, 2.45) is 0 Å². The molecule has 0 unspecified atom stereocenters. The average Bonchev–Trinajstić information content (AvgIpc) is 2.61. The molecule has 0 aliphatic rings. The molecular weight excluding hydrogens is 343 g/mol. The number of hydrogen-bond donors (Lipinski definition) is 0. The molecule has 0 aliphatic carbocycles. The van der Waals surface area contributed by atoms with Gasteiger partial charge in [-0.15, -0.1) is 0 Å². The van der Waals surface area contributed by atoms with Crippen molar-refractivity contribution in [1.82, 2.24) is 0 Å². The van der Waals surface area contributed by atoms with Crippen molar-refractivity contribution in [2.75, 3.05) is 0 Å². The molecule has 0 spiro atoms. The van der Waals surface area contributed by atoms with E-state index in [0.29, 0.717) is 6.07 Å². The molecule has 0 saturated heterocycles. The maximum atomic E-state index is 14.4. The van der Waals surface area contributed by atoms with E-state index in [1.54, 1.807) is 0 Å². The van der Waals surface area contributed by atoms with Crippen LogP contribution in [0.15, 0.2) is 6.07 Å². The Labute approximate surface area is 135 Å². The van der Waals surface area contributed by atoms with Crippen LogP contribution >= 0.6 is 0 Å². The van der Waals surface area contributed by atoms with Crippen LogP contribution < -0.4 is 10.4 Å². The van der Waals surface area contributed by atoms with Crippen LogP contribution in [-0.4, -0.2) is 0 Å². The highest BCUT2D eigenvalue weighted by Gasteiger charge is 2.24. The lowest BCUT2D eigenvalue weighted by Crippen LogP contribution is -2.22. The summed E-state index contributed by atoms with van der Waals surface area (Å²) in [6, 6.07) is 5.15. The first kappa shape index (κ1) is 17.4. The maximum absolute atomic E-state index is 14.4. The minimum atomic E-state index is -2.00. The minimum Gasteiger partial charge on any atom is -0.205 e. The summed E-state index contributed by atoms with van der Waals surface area (Å²) in [6.45, 7) is 0. The fraction of sp³-hybridized carbons (Fsp3) is 0. The third-order valence-corrected chi connectivity index (χ3v) is 3.26. The number of rotatable bonds is 0. The third kappa shape index (κ3) is 2.41. The molecule has 0 N–H and O–H groups in total. The van der Waals surface area contributed by atoms with Crippen molar-refractivity contribution < 1.29 is 22.0 Å². The lowest BCUT2D eigenvalue weighted by atomic mass is 10.0. The van der Waals surface area contributed by atoms with Gasteiger partial charge in [0.15, 0.2) is 23.3 Å². The van der Waals surface area contributed by atoms with Crippen molar-refractivity contribution in [3.05, 3.63) is 45.6 Å². The van der Waals surface area contributed by atoms with E-state index in [1.165, 1.54) is 12.1 Å². The fourth-order valence-electron chi connectivity index (χ4n) is 2.15. The van der Waals surface area contributed by atoms with Gasteiger partial charge in [-0.1, -0.05) is 0 Å². The maximum Gasteiger partial charge on any atom is 0.171 e. The van der Waals surface area contributed by atoms with E-state index in [-0.39, 0.29) is 0 Å². The van der Waals surface area contributed by atoms with Crippen molar-refractivity contribution in [2.45, 2.75) is 0 Å². The smallest absolute Gasteiger partial charge is 0.171 e. The first-order valence-corrected chi connectivity index (χ1v) is 6.17. The molecule has 0 saturated carbocycles. The van der Waals surface area contributed by atoms with Gasteiger partial charge in [-0.05, 0) is 6.07 Å². The Kier molecular flexibility index (Phi) is 4.37. The van der Waals surface area contributed by atoms with Crippen LogP contribution in [-0.2, 0) is 0 Å². The SMILES string of the molecule is N#CC(C#N)=c1cc2c(F)c(F)c(=C(C#N)C#N)c(F)c2c(F)c1F. The molecule has 2 aromatic rings. The van der Waals surface area contributed by atoms with Gasteiger partial charge in [0.1, 0.15) is 41.2 Å². The molecule has 0 amide bonds. The lowest BCUT2D eigenvalue weighted by molar-refractivity contribution is 0.484. The first-order chi connectivity index (χ1) is 11.8. The van der Waals surface area contributed by atoms with Crippen molar-refractivity contribution in [3.63, 3.8) is 0 Å². The van der Waals surface area contributed by atoms with Crippen LogP contribution in [0, 0.1) is 74.4 Å². The monoisotopic (exact) mass is 344 g/mol. The predicted octanol–water partition coefficient (Wildman–Crippen LogP) is 1.93. The van der Waals surface area contributed by atoms with Gasteiger partial charge in [-0.3, -0.25) is 0 Å². The second-order valence-corrected chi connectivity index (χ2v) is 4.49. The molecule has 0 heterocycles.